The molecule has 0 spiro atoms. The van der Waals surface area contributed by atoms with E-state index in [4.69, 9.17) is 5.11 Å². The SMILES string of the molecule is CC(CCCO)NC(=O)c1ccccc1NC(=O)C(C)(C)C. The Balaban J connectivity index is 2.83. The maximum absolute atomic E-state index is 12.3. The normalized spacial score (nSPS) is 12.6. The molecule has 0 bridgehead atoms. The summed E-state index contributed by atoms with van der Waals surface area (Å²) in [6, 6.07) is 6.92. The highest BCUT2D eigenvalue weighted by molar-refractivity contribution is 6.04. The number of carbonyl (C=O) groups is 2. The summed E-state index contributed by atoms with van der Waals surface area (Å²) in [6.07, 6.45) is 1.35. The van der Waals surface area contributed by atoms with Crippen molar-refractivity contribution in [2.45, 2.75) is 46.6 Å². The van der Waals surface area contributed by atoms with Crippen LogP contribution in [0.25, 0.3) is 0 Å². The van der Waals surface area contributed by atoms with Crippen molar-refractivity contribution in [3.63, 3.8) is 0 Å². The first-order chi connectivity index (χ1) is 10.3. The first kappa shape index (κ1) is 18.2. The van der Waals surface area contributed by atoms with Gasteiger partial charge in [-0.25, -0.2) is 0 Å². The number of nitrogens with one attached hydrogen (secondary N) is 2. The third-order valence-corrected chi connectivity index (χ3v) is 3.27. The van der Waals surface area contributed by atoms with Gasteiger partial charge in [0, 0.05) is 18.1 Å². The molecule has 5 nitrogen and oxygen atoms in total. The quantitative estimate of drug-likeness (QED) is 0.756. The second-order valence-electron chi connectivity index (χ2n) is 6.49. The van der Waals surface area contributed by atoms with Crippen molar-refractivity contribution < 1.29 is 14.7 Å². The lowest BCUT2D eigenvalue weighted by atomic mass is 9.95. The molecule has 0 aromatic heterocycles. The fourth-order valence-corrected chi connectivity index (χ4v) is 1.87. The molecule has 122 valence electrons. The number of aliphatic hydroxyl groups is 1. The standard InChI is InChI=1S/C17H26N2O3/c1-12(8-7-11-20)18-15(21)13-9-5-6-10-14(13)19-16(22)17(2,3)4/h5-6,9-10,12,20H,7-8,11H2,1-4H3,(H,18,21)(H,19,22). The highest BCUT2D eigenvalue weighted by Gasteiger charge is 2.23. The van der Waals surface area contributed by atoms with Crippen LogP contribution in [0.3, 0.4) is 0 Å². The van der Waals surface area contributed by atoms with Crippen LogP contribution in [-0.4, -0.2) is 29.6 Å². The molecule has 1 aromatic rings. The van der Waals surface area contributed by atoms with Gasteiger partial charge in [0.1, 0.15) is 0 Å². The van der Waals surface area contributed by atoms with Crippen LogP contribution in [0.15, 0.2) is 24.3 Å². The van der Waals surface area contributed by atoms with E-state index in [1.807, 2.05) is 27.7 Å². The number of carbonyl (C=O) groups excluding carboxylic acids is 2. The summed E-state index contributed by atoms with van der Waals surface area (Å²) >= 11 is 0. The van der Waals surface area contributed by atoms with Gasteiger partial charge in [-0.2, -0.15) is 0 Å². The summed E-state index contributed by atoms with van der Waals surface area (Å²) in [5.41, 5.74) is 0.420. The Morgan fingerprint density at radius 3 is 2.45 bits per heavy atom. The summed E-state index contributed by atoms with van der Waals surface area (Å²) in [7, 11) is 0. The van der Waals surface area contributed by atoms with E-state index in [1.54, 1.807) is 24.3 Å². The minimum Gasteiger partial charge on any atom is -0.396 e. The molecule has 0 saturated carbocycles. The number of para-hydroxylation sites is 1. The lowest BCUT2D eigenvalue weighted by Gasteiger charge is -2.20. The third kappa shape index (κ3) is 5.48. The van der Waals surface area contributed by atoms with Crippen LogP contribution in [0.1, 0.15) is 50.9 Å². The highest BCUT2D eigenvalue weighted by atomic mass is 16.3. The van der Waals surface area contributed by atoms with Crippen molar-refractivity contribution in [1.82, 2.24) is 5.32 Å². The van der Waals surface area contributed by atoms with Crippen LogP contribution in [-0.2, 0) is 4.79 Å². The number of rotatable bonds is 6. The minimum absolute atomic E-state index is 0.0361. The zero-order chi connectivity index (χ0) is 16.8. The summed E-state index contributed by atoms with van der Waals surface area (Å²) < 4.78 is 0. The predicted octanol–water partition coefficient (Wildman–Crippen LogP) is 2.56. The van der Waals surface area contributed by atoms with Gasteiger partial charge in [-0.05, 0) is 31.9 Å². The van der Waals surface area contributed by atoms with E-state index in [0.717, 1.165) is 0 Å². The monoisotopic (exact) mass is 306 g/mol. The number of hydrogen-bond acceptors (Lipinski definition) is 3. The van der Waals surface area contributed by atoms with Crippen molar-refractivity contribution in [3.05, 3.63) is 29.8 Å². The van der Waals surface area contributed by atoms with Crippen molar-refractivity contribution in [3.8, 4) is 0 Å². The first-order valence-electron chi connectivity index (χ1n) is 7.58. The molecule has 0 saturated heterocycles. The Kier molecular flexibility index (Phi) is 6.56. The van der Waals surface area contributed by atoms with Gasteiger partial charge in [0.2, 0.25) is 5.91 Å². The summed E-state index contributed by atoms with van der Waals surface area (Å²) in [6.45, 7) is 7.47. The van der Waals surface area contributed by atoms with Gasteiger partial charge >= 0.3 is 0 Å². The first-order valence-corrected chi connectivity index (χ1v) is 7.58. The Morgan fingerprint density at radius 2 is 1.86 bits per heavy atom. The molecule has 1 aromatic carbocycles. The zero-order valence-electron chi connectivity index (χ0n) is 13.8. The maximum atomic E-state index is 12.3. The average Bonchev–Trinajstić information content (AvgIpc) is 2.44. The second kappa shape index (κ2) is 7.94. The fourth-order valence-electron chi connectivity index (χ4n) is 1.87. The Hall–Kier alpha value is -1.88. The van der Waals surface area contributed by atoms with Crippen molar-refractivity contribution in [2.24, 2.45) is 5.41 Å². The Labute approximate surface area is 132 Å². The van der Waals surface area contributed by atoms with Crippen LogP contribution in [0, 0.1) is 5.41 Å². The number of aliphatic hydroxyl groups excluding tert-OH is 1. The lowest BCUT2D eigenvalue weighted by Crippen LogP contribution is -2.34. The molecule has 0 fully saturated rings. The molecule has 1 rings (SSSR count). The molecule has 5 heteroatoms. The summed E-state index contributed by atoms with van der Waals surface area (Å²) in [4.78, 5) is 24.4. The van der Waals surface area contributed by atoms with Gasteiger partial charge in [-0.1, -0.05) is 32.9 Å². The Bertz CT molecular complexity index is 521. The van der Waals surface area contributed by atoms with E-state index in [1.165, 1.54) is 0 Å². The van der Waals surface area contributed by atoms with Crippen LogP contribution in [0.2, 0.25) is 0 Å². The lowest BCUT2D eigenvalue weighted by molar-refractivity contribution is -0.123. The largest absolute Gasteiger partial charge is 0.396 e. The van der Waals surface area contributed by atoms with E-state index >= 15 is 0 Å². The fraction of sp³-hybridized carbons (Fsp3) is 0.529. The number of benzene rings is 1. The highest BCUT2D eigenvalue weighted by Crippen LogP contribution is 2.20. The number of anilines is 1. The average molecular weight is 306 g/mol. The Morgan fingerprint density at radius 1 is 1.23 bits per heavy atom. The molecule has 22 heavy (non-hydrogen) atoms. The van der Waals surface area contributed by atoms with E-state index < -0.39 is 5.41 Å². The summed E-state index contributed by atoms with van der Waals surface area (Å²) in [5, 5.41) is 14.5. The minimum atomic E-state index is -0.530. The predicted molar refractivity (Wildman–Crippen MR) is 87.8 cm³/mol. The van der Waals surface area contributed by atoms with Gasteiger partial charge in [0.15, 0.2) is 0 Å². The number of hydrogen-bond donors (Lipinski definition) is 3. The van der Waals surface area contributed by atoms with E-state index in [0.29, 0.717) is 24.1 Å². The molecule has 0 aliphatic heterocycles. The zero-order valence-corrected chi connectivity index (χ0v) is 13.8. The molecule has 0 aliphatic carbocycles. The van der Waals surface area contributed by atoms with Crippen LogP contribution < -0.4 is 10.6 Å². The van der Waals surface area contributed by atoms with Gasteiger partial charge in [-0.3, -0.25) is 9.59 Å². The molecule has 3 N–H and O–H groups in total. The van der Waals surface area contributed by atoms with Crippen molar-refractivity contribution >= 4 is 17.5 Å². The summed E-state index contributed by atoms with van der Waals surface area (Å²) in [5.74, 6) is -0.365. The van der Waals surface area contributed by atoms with Gasteiger partial charge < -0.3 is 15.7 Å². The molecule has 0 aliphatic rings. The van der Waals surface area contributed by atoms with E-state index in [-0.39, 0.29) is 24.5 Å². The van der Waals surface area contributed by atoms with Crippen LogP contribution in [0.4, 0.5) is 5.69 Å². The molecule has 2 amide bonds. The van der Waals surface area contributed by atoms with Gasteiger partial charge in [-0.15, -0.1) is 0 Å². The molecule has 0 radical (unpaired) electrons. The van der Waals surface area contributed by atoms with Gasteiger partial charge in [0.05, 0.1) is 11.3 Å². The third-order valence-electron chi connectivity index (χ3n) is 3.27. The topological polar surface area (TPSA) is 78.4 Å². The van der Waals surface area contributed by atoms with E-state index in [9.17, 15) is 9.59 Å². The van der Waals surface area contributed by atoms with Gasteiger partial charge in [0.25, 0.3) is 5.91 Å². The molecular weight excluding hydrogens is 280 g/mol. The van der Waals surface area contributed by atoms with Crippen molar-refractivity contribution in [2.75, 3.05) is 11.9 Å². The molecular formula is C17H26N2O3. The maximum Gasteiger partial charge on any atom is 0.253 e. The van der Waals surface area contributed by atoms with Crippen LogP contribution in [0.5, 0.6) is 0 Å². The second-order valence-corrected chi connectivity index (χ2v) is 6.49. The molecule has 1 unspecified atom stereocenters. The van der Waals surface area contributed by atoms with Crippen molar-refractivity contribution in [1.29, 1.82) is 0 Å². The number of amides is 2. The molecule has 0 heterocycles. The molecule has 1 atom stereocenters. The van der Waals surface area contributed by atoms with Crippen LogP contribution >= 0.6 is 0 Å². The smallest absolute Gasteiger partial charge is 0.253 e. The van der Waals surface area contributed by atoms with E-state index in [2.05, 4.69) is 10.6 Å².